The molecule has 1 aromatic carbocycles. The molecule has 0 saturated carbocycles. The first-order valence-corrected chi connectivity index (χ1v) is 5.60. The molecule has 0 N–H and O–H groups in total. The largest absolute Gasteiger partial charge is 0.343 e. The fourth-order valence-electron chi connectivity index (χ4n) is 1.36. The Bertz CT molecular complexity index is 392. The molecule has 1 heterocycles. The van der Waals surface area contributed by atoms with Gasteiger partial charge in [0.1, 0.15) is 0 Å². The Morgan fingerprint density at radius 3 is 2.57 bits per heavy atom. The van der Waals surface area contributed by atoms with E-state index in [1.807, 2.05) is 17.8 Å². The van der Waals surface area contributed by atoms with Crippen molar-refractivity contribution in [2.75, 3.05) is 0 Å². The van der Waals surface area contributed by atoms with Crippen LogP contribution in [0.4, 0.5) is 0 Å². The van der Waals surface area contributed by atoms with Gasteiger partial charge < -0.3 is 4.57 Å². The summed E-state index contributed by atoms with van der Waals surface area (Å²) >= 11 is 1.81. The zero-order valence-corrected chi connectivity index (χ0v) is 9.00. The lowest BCUT2D eigenvalue weighted by Gasteiger charge is -2.05. The van der Waals surface area contributed by atoms with E-state index in [4.69, 9.17) is 0 Å². The Hall–Kier alpha value is -1.15. The van der Waals surface area contributed by atoms with E-state index in [-0.39, 0.29) is 0 Å². The van der Waals surface area contributed by atoms with Gasteiger partial charge in [-0.1, -0.05) is 30.0 Å². The second kappa shape index (κ2) is 4.38. The topological polar surface area (TPSA) is 4.93 Å². The van der Waals surface area contributed by atoms with Gasteiger partial charge in [0, 0.05) is 17.6 Å². The predicted molar refractivity (Wildman–Crippen MR) is 60.7 cm³/mol. The van der Waals surface area contributed by atoms with Crippen molar-refractivity contribution in [1.82, 2.24) is 4.57 Å². The molecule has 0 bridgehead atoms. The Balaban J connectivity index is 2.19. The van der Waals surface area contributed by atoms with E-state index in [0.717, 1.165) is 6.54 Å². The summed E-state index contributed by atoms with van der Waals surface area (Å²) in [6, 6.07) is 14.7. The average Bonchev–Trinajstić information content (AvgIpc) is 2.67. The molecule has 1 aromatic heterocycles. The molecule has 0 saturated heterocycles. The van der Waals surface area contributed by atoms with Crippen LogP contribution in [-0.2, 0) is 6.54 Å². The van der Waals surface area contributed by atoms with Crippen LogP contribution in [-0.4, -0.2) is 4.57 Å². The zero-order chi connectivity index (χ0) is 9.80. The van der Waals surface area contributed by atoms with E-state index in [2.05, 4.69) is 54.1 Å². The van der Waals surface area contributed by atoms with Crippen LogP contribution in [0.5, 0.6) is 0 Å². The molecule has 0 amide bonds. The number of nitrogens with zero attached hydrogens (tertiary/aromatic N) is 1. The Morgan fingerprint density at radius 1 is 1.07 bits per heavy atom. The summed E-state index contributed by atoms with van der Waals surface area (Å²) in [7, 11) is 0. The van der Waals surface area contributed by atoms with E-state index in [1.54, 1.807) is 0 Å². The molecule has 0 aliphatic rings. The van der Waals surface area contributed by atoms with E-state index < -0.39 is 0 Å². The number of hydrogen-bond acceptors (Lipinski definition) is 1. The van der Waals surface area contributed by atoms with E-state index in [0.29, 0.717) is 0 Å². The summed E-state index contributed by atoms with van der Waals surface area (Å²) < 4.78 is 2.25. The van der Waals surface area contributed by atoms with Gasteiger partial charge in [0.15, 0.2) is 0 Å². The first kappa shape index (κ1) is 9.41. The minimum atomic E-state index is 1.03. The smallest absolute Gasteiger partial charge is 0.0796 e. The predicted octanol–water partition coefficient (Wildman–Crippen LogP) is 3.66. The van der Waals surface area contributed by atoms with E-state index in [9.17, 15) is 0 Å². The van der Waals surface area contributed by atoms with Gasteiger partial charge in [-0.15, -0.1) is 0 Å². The van der Waals surface area contributed by atoms with Gasteiger partial charge in [-0.25, -0.2) is 0 Å². The summed E-state index contributed by atoms with van der Waals surface area (Å²) in [4.78, 5) is 1.29. The average molecular weight is 203 g/mol. The summed E-state index contributed by atoms with van der Waals surface area (Å²) in [6.45, 7) is 3.19. The fourth-order valence-corrected chi connectivity index (χ4v) is 2.35. The van der Waals surface area contributed by atoms with Crippen molar-refractivity contribution in [3.8, 4) is 0 Å². The first-order chi connectivity index (χ1) is 6.90. The monoisotopic (exact) mass is 203 g/mol. The van der Waals surface area contributed by atoms with Gasteiger partial charge in [0.05, 0.1) is 5.03 Å². The van der Waals surface area contributed by atoms with Crippen LogP contribution in [0.3, 0.4) is 0 Å². The summed E-state index contributed by atoms with van der Waals surface area (Å²) in [5, 5.41) is 1.30. The lowest BCUT2D eigenvalue weighted by atomic mass is 10.4. The number of benzene rings is 1. The summed E-state index contributed by atoms with van der Waals surface area (Å²) in [5.74, 6) is 0. The van der Waals surface area contributed by atoms with Crippen molar-refractivity contribution >= 4 is 11.8 Å². The molecule has 0 unspecified atom stereocenters. The Kier molecular flexibility index (Phi) is 2.94. The van der Waals surface area contributed by atoms with Crippen LogP contribution in [0.15, 0.2) is 58.6 Å². The lowest BCUT2D eigenvalue weighted by molar-refractivity contribution is 0.703. The normalized spacial score (nSPS) is 10.4. The first-order valence-electron chi connectivity index (χ1n) is 4.78. The molecule has 1 nitrogen and oxygen atoms in total. The van der Waals surface area contributed by atoms with E-state index in [1.165, 1.54) is 9.92 Å². The van der Waals surface area contributed by atoms with Gasteiger partial charge in [-0.3, -0.25) is 0 Å². The molecule has 0 atom stereocenters. The number of aryl methyl sites for hydroxylation is 1. The highest BCUT2D eigenvalue weighted by atomic mass is 32.2. The molecule has 0 aliphatic carbocycles. The molecule has 0 aliphatic heterocycles. The Labute approximate surface area is 88.8 Å². The molecule has 2 heteroatoms. The molecule has 72 valence electrons. The highest BCUT2D eigenvalue weighted by Crippen LogP contribution is 2.27. The molecule has 2 rings (SSSR count). The summed E-state index contributed by atoms with van der Waals surface area (Å²) in [5.41, 5.74) is 0. The maximum absolute atomic E-state index is 2.25. The molecule has 0 radical (unpaired) electrons. The third-order valence-corrected chi connectivity index (χ3v) is 3.18. The molecular weight excluding hydrogens is 190 g/mol. The van der Waals surface area contributed by atoms with Gasteiger partial charge in [0.2, 0.25) is 0 Å². The minimum absolute atomic E-state index is 1.03. The third kappa shape index (κ3) is 2.02. The van der Waals surface area contributed by atoms with Crippen molar-refractivity contribution < 1.29 is 0 Å². The summed E-state index contributed by atoms with van der Waals surface area (Å²) in [6.07, 6.45) is 2.12. The van der Waals surface area contributed by atoms with Crippen LogP contribution >= 0.6 is 11.8 Å². The lowest BCUT2D eigenvalue weighted by Crippen LogP contribution is -1.92. The van der Waals surface area contributed by atoms with Gasteiger partial charge in [-0.2, -0.15) is 0 Å². The van der Waals surface area contributed by atoms with E-state index >= 15 is 0 Å². The highest BCUT2D eigenvalue weighted by Gasteiger charge is 2.00. The van der Waals surface area contributed by atoms with Crippen LogP contribution in [0.1, 0.15) is 6.92 Å². The van der Waals surface area contributed by atoms with Crippen molar-refractivity contribution in [3.63, 3.8) is 0 Å². The molecular formula is C12H13NS. The van der Waals surface area contributed by atoms with Crippen molar-refractivity contribution in [3.05, 3.63) is 48.7 Å². The van der Waals surface area contributed by atoms with Crippen LogP contribution in [0.2, 0.25) is 0 Å². The maximum atomic E-state index is 2.25. The molecule has 2 aromatic rings. The second-order valence-corrected chi connectivity index (χ2v) is 4.14. The van der Waals surface area contributed by atoms with Gasteiger partial charge in [-0.05, 0) is 31.2 Å². The fraction of sp³-hybridized carbons (Fsp3) is 0.167. The maximum Gasteiger partial charge on any atom is 0.0796 e. The molecule has 14 heavy (non-hydrogen) atoms. The zero-order valence-electron chi connectivity index (χ0n) is 8.18. The number of hydrogen-bond donors (Lipinski definition) is 0. The third-order valence-electron chi connectivity index (χ3n) is 2.09. The van der Waals surface area contributed by atoms with Crippen LogP contribution < -0.4 is 0 Å². The standard InChI is InChI=1S/C12H13NS/c1-2-13-10-6-9-12(13)14-11-7-4-3-5-8-11/h3-10H,2H2,1H3. The number of aromatic nitrogens is 1. The van der Waals surface area contributed by atoms with Crippen molar-refractivity contribution in [2.24, 2.45) is 0 Å². The SMILES string of the molecule is CCn1cccc1Sc1ccccc1. The van der Waals surface area contributed by atoms with Crippen molar-refractivity contribution in [1.29, 1.82) is 0 Å². The highest BCUT2D eigenvalue weighted by molar-refractivity contribution is 7.99. The molecule has 0 spiro atoms. The second-order valence-electron chi connectivity index (χ2n) is 3.05. The number of rotatable bonds is 3. The Morgan fingerprint density at radius 2 is 1.86 bits per heavy atom. The minimum Gasteiger partial charge on any atom is -0.343 e. The van der Waals surface area contributed by atoms with Gasteiger partial charge >= 0.3 is 0 Å². The molecule has 0 fully saturated rings. The van der Waals surface area contributed by atoms with Crippen LogP contribution in [0.25, 0.3) is 0 Å². The van der Waals surface area contributed by atoms with Crippen molar-refractivity contribution in [2.45, 2.75) is 23.4 Å². The van der Waals surface area contributed by atoms with Gasteiger partial charge in [0.25, 0.3) is 0 Å². The quantitative estimate of drug-likeness (QED) is 0.737. The van der Waals surface area contributed by atoms with Crippen LogP contribution in [0, 0.1) is 0 Å².